The summed E-state index contributed by atoms with van der Waals surface area (Å²) < 4.78 is 10.3. The molecule has 180 valence electrons. The molecular weight excluding hydrogens is 458 g/mol. The van der Waals surface area contributed by atoms with Crippen molar-refractivity contribution in [2.75, 3.05) is 5.32 Å². The van der Waals surface area contributed by atoms with Crippen LogP contribution in [0.2, 0.25) is 5.02 Å². The Labute approximate surface area is 202 Å². The van der Waals surface area contributed by atoms with Crippen LogP contribution in [0, 0.1) is 0 Å². The van der Waals surface area contributed by atoms with Gasteiger partial charge in [0.05, 0.1) is 12.1 Å². The minimum absolute atomic E-state index is 0.0111. The highest BCUT2D eigenvalue weighted by Gasteiger charge is 2.28. The lowest BCUT2D eigenvalue weighted by Gasteiger charge is -2.25. The van der Waals surface area contributed by atoms with E-state index >= 15 is 0 Å². The van der Waals surface area contributed by atoms with E-state index in [2.05, 4.69) is 15.8 Å². The fourth-order valence-electron chi connectivity index (χ4n) is 3.28. The topological polar surface area (TPSA) is 113 Å². The van der Waals surface area contributed by atoms with E-state index in [1.807, 2.05) is 48.5 Å². The van der Waals surface area contributed by atoms with Gasteiger partial charge in [0.2, 0.25) is 11.8 Å². The summed E-state index contributed by atoms with van der Waals surface area (Å²) in [6.45, 7) is 6.96. The lowest BCUT2D eigenvalue weighted by Crippen LogP contribution is -2.50. The predicted molar refractivity (Wildman–Crippen MR) is 131 cm³/mol. The second-order valence-corrected chi connectivity index (χ2v) is 9.39. The van der Waals surface area contributed by atoms with E-state index in [4.69, 9.17) is 20.9 Å². The highest BCUT2D eigenvalue weighted by Crippen LogP contribution is 2.23. The highest BCUT2D eigenvalue weighted by molar-refractivity contribution is 6.30. The summed E-state index contributed by atoms with van der Waals surface area (Å²) in [4.78, 5) is 36.8. The van der Waals surface area contributed by atoms with Gasteiger partial charge in [-0.3, -0.25) is 25.0 Å². The Bertz CT molecular complexity index is 1190. The molecule has 0 saturated heterocycles. The normalized spacial score (nSPS) is 13.2. The number of rotatable bonds is 8. The van der Waals surface area contributed by atoms with Crippen molar-refractivity contribution >= 4 is 29.4 Å². The van der Waals surface area contributed by atoms with Crippen LogP contribution in [0.3, 0.4) is 0 Å². The number of hydrogen-bond donors (Lipinski definition) is 3. The minimum Gasteiger partial charge on any atom is -0.459 e. The van der Waals surface area contributed by atoms with Crippen molar-refractivity contribution in [1.82, 2.24) is 10.5 Å². The van der Waals surface area contributed by atoms with Crippen LogP contribution in [0.1, 0.15) is 33.3 Å². The maximum atomic E-state index is 13.0. The Balaban J connectivity index is 1.77. The lowest BCUT2D eigenvalue weighted by atomic mass is 10.00. The van der Waals surface area contributed by atoms with Gasteiger partial charge in [0.25, 0.3) is 5.56 Å². The Morgan fingerprint density at radius 1 is 1.09 bits per heavy atom. The third-order valence-corrected chi connectivity index (χ3v) is 5.08. The Hall–Kier alpha value is -3.36. The summed E-state index contributed by atoms with van der Waals surface area (Å²) in [6.07, 6.45) is 0.281. The van der Waals surface area contributed by atoms with Crippen LogP contribution in [-0.4, -0.2) is 34.7 Å². The first-order chi connectivity index (χ1) is 16.0. The van der Waals surface area contributed by atoms with Crippen molar-refractivity contribution in [3.05, 3.63) is 75.5 Å². The van der Waals surface area contributed by atoms with Gasteiger partial charge < -0.3 is 9.26 Å². The van der Waals surface area contributed by atoms with Gasteiger partial charge in [-0.05, 0) is 62.9 Å². The van der Waals surface area contributed by atoms with Crippen LogP contribution in [0.15, 0.2) is 63.9 Å². The first-order valence-corrected chi connectivity index (χ1v) is 11.2. The van der Waals surface area contributed by atoms with Gasteiger partial charge in [0.1, 0.15) is 11.6 Å². The number of amides is 1. The number of nitrogens with one attached hydrogen (secondary N) is 3. The van der Waals surface area contributed by atoms with Gasteiger partial charge in [-0.15, -0.1) is 0 Å². The van der Waals surface area contributed by atoms with Crippen LogP contribution in [0.4, 0.5) is 5.88 Å². The van der Waals surface area contributed by atoms with E-state index in [9.17, 15) is 14.4 Å². The molecule has 3 rings (SSSR count). The van der Waals surface area contributed by atoms with Crippen LogP contribution in [0.5, 0.6) is 0 Å². The number of esters is 1. The first-order valence-electron chi connectivity index (χ1n) is 10.8. The fourth-order valence-corrected chi connectivity index (χ4v) is 3.47. The number of hydrogen-bond acceptors (Lipinski definition) is 6. The summed E-state index contributed by atoms with van der Waals surface area (Å²) in [5.74, 6) is -0.949. The molecule has 0 aliphatic carbocycles. The van der Waals surface area contributed by atoms with Crippen molar-refractivity contribution < 1.29 is 18.8 Å². The van der Waals surface area contributed by atoms with E-state index < -0.39 is 35.1 Å². The molecule has 8 nitrogen and oxygen atoms in total. The van der Waals surface area contributed by atoms with Crippen molar-refractivity contribution in [3.63, 3.8) is 0 Å². The number of carbonyl (C=O) groups excluding carboxylic acids is 2. The zero-order valence-corrected chi connectivity index (χ0v) is 20.2. The molecule has 1 aromatic heterocycles. The predicted octanol–water partition coefficient (Wildman–Crippen LogP) is 4.16. The Kier molecular flexibility index (Phi) is 7.96. The SMILES string of the molecule is C[C@H](N[C@H](Cc1ccc(-c2cccc(Cl)c2)cc1)C(=O)Nc1cc(=O)[nH]o1)C(=O)OC(C)(C)C. The molecule has 3 N–H and O–H groups in total. The molecule has 0 aliphatic heterocycles. The molecule has 0 spiro atoms. The number of halogens is 1. The van der Waals surface area contributed by atoms with Crippen LogP contribution in [-0.2, 0) is 20.7 Å². The molecule has 1 heterocycles. The van der Waals surface area contributed by atoms with Gasteiger partial charge in [0.15, 0.2) is 0 Å². The second-order valence-electron chi connectivity index (χ2n) is 8.95. The molecule has 0 fully saturated rings. The van der Waals surface area contributed by atoms with Crippen molar-refractivity contribution in [3.8, 4) is 11.1 Å². The van der Waals surface area contributed by atoms with E-state index in [1.54, 1.807) is 27.7 Å². The second kappa shape index (κ2) is 10.7. The Morgan fingerprint density at radius 3 is 2.38 bits per heavy atom. The van der Waals surface area contributed by atoms with Gasteiger partial charge in [-0.2, -0.15) is 5.16 Å². The summed E-state index contributed by atoms with van der Waals surface area (Å²) in [7, 11) is 0. The maximum absolute atomic E-state index is 13.0. The molecule has 0 saturated carbocycles. The molecule has 2 atom stereocenters. The van der Waals surface area contributed by atoms with Gasteiger partial charge in [-0.25, -0.2) is 0 Å². The zero-order valence-electron chi connectivity index (χ0n) is 19.5. The molecule has 0 radical (unpaired) electrons. The number of ether oxygens (including phenoxy) is 1. The third-order valence-electron chi connectivity index (χ3n) is 4.85. The van der Waals surface area contributed by atoms with Crippen molar-refractivity contribution in [2.24, 2.45) is 0 Å². The van der Waals surface area contributed by atoms with Crippen molar-refractivity contribution in [1.29, 1.82) is 0 Å². The molecular formula is C25H28ClN3O5. The standard InChI is InChI=1S/C25H28ClN3O5/c1-15(24(32)33-25(2,3)4)27-20(23(31)28-22-14-21(30)29-34-22)12-16-8-10-17(11-9-16)18-6-5-7-19(26)13-18/h5-11,13-15,20,27H,12H2,1-4H3,(H,28,31)(H,29,30)/t15-,20+/m0/s1. The maximum Gasteiger partial charge on any atom is 0.323 e. The molecule has 1 amide bonds. The van der Waals surface area contributed by atoms with Crippen LogP contribution in [0.25, 0.3) is 11.1 Å². The Morgan fingerprint density at radius 2 is 1.79 bits per heavy atom. The average Bonchev–Trinajstić information content (AvgIpc) is 3.17. The summed E-state index contributed by atoms with van der Waals surface area (Å²) >= 11 is 6.09. The number of aromatic amines is 1. The average molecular weight is 486 g/mol. The molecule has 34 heavy (non-hydrogen) atoms. The highest BCUT2D eigenvalue weighted by atomic mass is 35.5. The van der Waals surface area contributed by atoms with Crippen LogP contribution < -0.4 is 16.2 Å². The number of H-pyrrole nitrogens is 1. The number of benzene rings is 2. The summed E-state index contributed by atoms with van der Waals surface area (Å²) in [6, 6.07) is 14.8. The smallest absolute Gasteiger partial charge is 0.323 e. The number of carbonyl (C=O) groups is 2. The molecule has 0 bridgehead atoms. The van der Waals surface area contributed by atoms with Crippen molar-refractivity contribution in [2.45, 2.75) is 51.8 Å². The van der Waals surface area contributed by atoms with Crippen LogP contribution >= 0.6 is 11.6 Å². The fraction of sp³-hybridized carbons (Fsp3) is 0.320. The third kappa shape index (κ3) is 7.33. The monoisotopic (exact) mass is 485 g/mol. The van der Waals surface area contributed by atoms with E-state index in [0.29, 0.717) is 5.02 Å². The molecule has 2 aromatic carbocycles. The molecule has 3 aromatic rings. The number of anilines is 1. The molecule has 0 unspecified atom stereocenters. The van der Waals surface area contributed by atoms with Gasteiger partial charge in [-0.1, -0.05) is 48.0 Å². The number of aromatic nitrogens is 1. The zero-order chi connectivity index (χ0) is 24.9. The lowest BCUT2D eigenvalue weighted by molar-refractivity contribution is -0.157. The largest absolute Gasteiger partial charge is 0.459 e. The first kappa shape index (κ1) is 25.3. The van der Waals surface area contributed by atoms with Gasteiger partial charge >= 0.3 is 5.97 Å². The summed E-state index contributed by atoms with van der Waals surface area (Å²) in [5, 5.41) is 8.36. The van der Waals surface area contributed by atoms with E-state index in [0.717, 1.165) is 22.8 Å². The molecule has 9 heteroatoms. The van der Waals surface area contributed by atoms with E-state index in [1.165, 1.54) is 0 Å². The van der Waals surface area contributed by atoms with Gasteiger partial charge in [0, 0.05) is 5.02 Å². The molecule has 0 aliphatic rings. The summed E-state index contributed by atoms with van der Waals surface area (Å²) in [5.41, 5.74) is 1.70. The minimum atomic E-state index is -0.806. The van der Waals surface area contributed by atoms with E-state index in [-0.39, 0.29) is 12.3 Å². The quantitative estimate of drug-likeness (QED) is 0.413.